The third kappa shape index (κ3) is 19.7. The SMILES string of the molecule is CC=CCC(C)C1OC(C)C2C(=O)N(C)C1C(=O)NC(CC)C(=O)N(C)C(C)C(=O)N(C)C(C(C)CN1CCC3(CC1)OCCO3)C(=O)NC(C(C)C)C(=O)N(C)C(CC(C)C)C(=O)NC(C)C(=O)NC(C)C(=O)N(C)C(CC(C)C)C(=O)N(C)C(CC(C)C)C(=O)N2C. The first kappa shape index (κ1) is 80.2. The van der Waals surface area contributed by atoms with E-state index in [2.05, 4.69) is 26.2 Å². The Hall–Kier alpha value is -6.25. The molecular weight excluding hydrogens is 1210 g/mol. The fourth-order valence-electron chi connectivity index (χ4n) is 13.5. The van der Waals surface area contributed by atoms with Crippen molar-refractivity contribution in [3.8, 4) is 0 Å². The highest BCUT2D eigenvalue weighted by Crippen LogP contribution is 2.33. The Balaban J connectivity index is 1.91. The molecule has 0 aromatic rings. The second-order valence-electron chi connectivity index (χ2n) is 28.7. The fourth-order valence-corrected chi connectivity index (χ4v) is 13.5. The highest BCUT2D eigenvalue weighted by Gasteiger charge is 2.51. The van der Waals surface area contributed by atoms with Crippen molar-refractivity contribution in [2.45, 2.75) is 240 Å². The molecule has 4 rings (SSSR count). The second kappa shape index (κ2) is 35.1. The van der Waals surface area contributed by atoms with Gasteiger partial charge in [-0.3, -0.25) is 52.7 Å². The number of hydrogen-bond acceptors (Lipinski definition) is 15. The van der Waals surface area contributed by atoms with Gasteiger partial charge in [0.1, 0.15) is 66.5 Å². The zero-order chi connectivity index (χ0) is 71.3. The third-order valence-corrected chi connectivity index (χ3v) is 19.5. The minimum absolute atomic E-state index is 0.0541. The number of allylic oxidation sites excluding steroid dienone is 2. The van der Waals surface area contributed by atoms with E-state index in [1.54, 1.807) is 27.7 Å². The summed E-state index contributed by atoms with van der Waals surface area (Å²) in [4.78, 5) is 175. The Kier molecular flexibility index (Phi) is 30.0. The van der Waals surface area contributed by atoms with Crippen LogP contribution in [0, 0.1) is 35.5 Å². The smallest absolute Gasteiger partial charge is 0.248 e. The van der Waals surface area contributed by atoms with Gasteiger partial charge < -0.3 is 74.7 Å². The van der Waals surface area contributed by atoms with Crippen LogP contribution in [0.3, 0.4) is 0 Å². The molecule has 2 bridgehead atoms. The van der Waals surface area contributed by atoms with E-state index in [9.17, 15) is 24.0 Å². The summed E-state index contributed by atoms with van der Waals surface area (Å²) < 4.78 is 18.8. The van der Waals surface area contributed by atoms with Crippen molar-refractivity contribution in [2.75, 3.05) is 82.2 Å². The molecule has 0 aromatic heterocycles. The van der Waals surface area contributed by atoms with E-state index in [4.69, 9.17) is 14.2 Å². The van der Waals surface area contributed by atoms with Crippen LogP contribution in [-0.2, 0) is 67.0 Å². The van der Waals surface area contributed by atoms with Gasteiger partial charge in [-0.05, 0) is 102 Å². The van der Waals surface area contributed by atoms with Crippen LogP contribution in [0.2, 0.25) is 0 Å². The first-order chi connectivity index (χ1) is 43.8. The largest absolute Gasteiger partial charge is 0.370 e. The number of nitrogens with zero attached hydrogens (tertiary/aromatic N) is 8. The second-order valence-corrected chi connectivity index (χ2v) is 28.7. The van der Waals surface area contributed by atoms with Crippen LogP contribution in [0.15, 0.2) is 12.2 Å². The summed E-state index contributed by atoms with van der Waals surface area (Å²) in [6.07, 6.45) is 3.87. The van der Waals surface area contributed by atoms with E-state index in [-0.39, 0.29) is 43.4 Å². The van der Waals surface area contributed by atoms with Gasteiger partial charge in [-0.25, -0.2) is 0 Å². The summed E-state index contributed by atoms with van der Waals surface area (Å²) in [5.41, 5.74) is 0. The maximum atomic E-state index is 15.3. The van der Waals surface area contributed by atoms with Crippen LogP contribution in [0.5, 0.6) is 0 Å². The number of likely N-dealkylation sites (N-methyl/N-ethyl adjacent to an activating group) is 7. The standard InChI is InChI=1S/C68H118N12O14/c1-24-26-27-42(11)56-55-60(84)71-48(25-2)63(87)73(17)46(15)62(86)77(21)53(43(12)37-80-30-28-68(29-31-80)92-32-33-93-68)59(83)72-52(41(9)10)66(90)74(18)49(34-38(3)4)58(82)69-44(13)57(81)70-45(14)61(85)75(19)50(35-39(5)6)64(88)76(20)51(36-40(7)8)65(89)78(22)54(47(16)94-56)67(91)79(55)23/h24,26,38-56H,25,27-37H2,1-23H3,(H,69,82)(H,70,81)(H,71,84)(H,72,83). The Morgan fingerprint density at radius 3 is 1.50 bits per heavy atom. The number of piperidine rings is 1. The number of nitrogens with one attached hydrogen (secondary N) is 4. The van der Waals surface area contributed by atoms with Crippen molar-refractivity contribution in [2.24, 2.45) is 35.5 Å². The van der Waals surface area contributed by atoms with Gasteiger partial charge in [0.05, 0.1) is 25.4 Å². The quantitative estimate of drug-likeness (QED) is 0.182. The van der Waals surface area contributed by atoms with Gasteiger partial charge in [0, 0.05) is 81.8 Å². The number of likely N-dealkylation sites (tertiary alicyclic amines) is 1. The number of ether oxygens (including phenoxy) is 3. The number of hydrogen-bond donors (Lipinski definition) is 4. The number of amides is 11. The van der Waals surface area contributed by atoms with Crippen molar-refractivity contribution < 1.29 is 67.0 Å². The highest BCUT2D eigenvalue weighted by molar-refractivity contribution is 6.00. The van der Waals surface area contributed by atoms with Crippen LogP contribution >= 0.6 is 0 Å². The number of carbonyl (C=O) groups excluding carboxylic acids is 11. The van der Waals surface area contributed by atoms with E-state index in [0.717, 1.165) is 0 Å². The summed E-state index contributed by atoms with van der Waals surface area (Å²) >= 11 is 0. The number of carbonyl (C=O) groups is 11. The molecule has 0 aliphatic carbocycles. The minimum atomic E-state index is -1.35. The molecule has 26 nitrogen and oxygen atoms in total. The van der Waals surface area contributed by atoms with E-state index in [0.29, 0.717) is 52.1 Å². The molecule has 15 atom stereocenters. The van der Waals surface area contributed by atoms with Crippen molar-refractivity contribution >= 4 is 65.0 Å². The van der Waals surface area contributed by atoms with E-state index in [1.807, 2.05) is 74.5 Å². The monoisotopic (exact) mass is 1330 g/mol. The van der Waals surface area contributed by atoms with Crippen molar-refractivity contribution in [1.82, 2.24) is 60.5 Å². The molecule has 4 heterocycles. The van der Waals surface area contributed by atoms with Gasteiger partial charge in [0.15, 0.2) is 5.79 Å². The molecule has 26 heteroatoms. The Labute approximate surface area is 560 Å². The Morgan fingerprint density at radius 2 is 0.989 bits per heavy atom. The summed E-state index contributed by atoms with van der Waals surface area (Å²) in [7, 11) is 10.2. The predicted octanol–water partition coefficient (Wildman–Crippen LogP) is 2.86. The predicted molar refractivity (Wildman–Crippen MR) is 357 cm³/mol. The zero-order valence-electron chi connectivity index (χ0n) is 60.9. The number of fused-ring (bicyclic) bond motifs is 3. The molecule has 11 amide bonds. The molecule has 4 saturated heterocycles. The lowest BCUT2D eigenvalue weighted by atomic mass is 9.92. The van der Waals surface area contributed by atoms with Crippen LogP contribution in [0.4, 0.5) is 0 Å². The number of rotatable bonds is 14. The molecule has 0 radical (unpaired) electrons. The molecule has 94 heavy (non-hydrogen) atoms. The van der Waals surface area contributed by atoms with Gasteiger partial charge in [0.25, 0.3) is 0 Å². The maximum Gasteiger partial charge on any atom is 0.248 e. The lowest BCUT2D eigenvalue weighted by molar-refractivity contribution is -0.186. The first-order valence-electron chi connectivity index (χ1n) is 34.1. The summed E-state index contributed by atoms with van der Waals surface area (Å²) in [6, 6.07) is -13.5. The van der Waals surface area contributed by atoms with E-state index < -0.39 is 167 Å². The molecular formula is C68H118N12O14. The lowest BCUT2D eigenvalue weighted by Crippen LogP contribution is -2.63. The average Bonchev–Trinajstić information content (AvgIpc) is 1.52. The molecule has 1 spiro atoms. The van der Waals surface area contributed by atoms with Crippen molar-refractivity contribution in [3.63, 3.8) is 0 Å². The topological polar surface area (TPSA) is 290 Å². The van der Waals surface area contributed by atoms with Crippen LogP contribution in [0.25, 0.3) is 0 Å². The van der Waals surface area contributed by atoms with E-state index >= 15 is 28.8 Å². The first-order valence-corrected chi connectivity index (χ1v) is 34.1. The molecule has 534 valence electrons. The zero-order valence-corrected chi connectivity index (χ0v) is 60.9. The van der Waals surface area contributed by atoms with Crippen LogP contribution in [0.1, 0.15) is 156 Å². The Morgan fingerprint density at radius 1 is 0.500 bits per heavy atom. The van der Waals surface area contributed by atoms with Crippen LogP contribution in [-0.4, -0.2) is 271 Å². The van der Waals surface area contributed by atoms with Crippen molar-refractivity contribution in [3.05, 3.63) is 12.2 Å². The average molecular weight is 1330 g/mol. The summed E-state index contributed by atoms with van der Waals surface area (Å²) in [6.45, 7) is 30.6. The van der Waals surface area contributed by atoms with Gasteiger partial charge >= 0.3 is 0 Å². The molecule has 0 saturated carbocycles. The van der Waals surface area contributed by atoms with Crippen LogP contribution < -0.4 is 21.3 Å². The van der Waals surface area contributed by atoms with E-state index in [1.165, 1.54) is 104 Å². The third-order valence-electron chi connectivity index (χ3n) is 19.5. The molecule has 15 unspecified atom stereocenters. The van der Waals surface area contributed by atoms with Gasteiger partial charge in [-0.2, -0.15) is 0 Å². The minimum Gasteiger partial charge on any atom is -0.370 e. The lowest BCUT2D eigenvalue weighted by Gasteiger charge is -2.41. The highest BCUT2D eigenvalue weighted by atomic mass is 16.7. The van der Waals surface area contributed by atoms with Gasteiger partial charge in [0.2, 0.25) is 65.0 Å². The Bertz CT molecular complexity index is 2680. The molecule has 4 aliphatic heterocycles. The maximum absolute atomic E-state index is 15.3. The molecule has 0 aromatic carbocycles. The molecule has 4 N–H and O–H groups in total. The summed E-state index contributed by atoms with van der Waals surface area (Å²) in [5, 5.41) is 11.3. The van der Waals surface area contributed by atoms with Gasteiger partial charge in [-0.1, -0.05) is 88.3 Å². The molecule has 4 aliphatic rings. The fraction of sp³-hybridized carbons (Fsp3) is 0.809. The molecule has 4 fully saturated rings. The van der Waals surface area contributed by atoms with Gasteiger partial charge in [-0.15, -0.1) is 0 Å². The normalized spacial score (nSPS) is 30.8. The van der Waals surface area contributed by atoms with Crippen molar-refractivity contribution in [1.29, 1.82) is 0 Å². The summed E-state index contributed by atoms with van der Waals surface area (Å²) in [5.74, 6) is -9.81.